The van der Waals surface area contributed by atoms with Gasteiger partial charge in [-0.1, -0.05) is 0 Å². The number of nitro groups is 1. The molecule has 10 heteroatoms. The summed E-state index contributed by atoms with van der Waals surface area (Å²) in [4.78, 5) is 46.5. The van der Waals surface area contributed by atoms with E-state index in [1.54, 1.807) is 6.92 Å². The van der Waals surface area contributed by atoms with Crippen LogP contribution in [0, 0.1) is 24.0 Å². The molecule has 0 aliphatic carbocycles. The summed E-state index contributed by atoms with van der Waals surface area (Å²) in [5.74, 6) is -1.64. The molecule has 0 aliphatic rings. The van der Waals surface area contributed by atoms with Gasteiger partial charge in [0.25, 0.3) is 11.6 Å². The van der Waals surface area contributed by atoms with Gasteiger partial charge in [0, 0.05) is 29.6 Å². The molecule has 0 saturated carbocycles. The second kappa shape index (κ2) is 8.41. The van der Waals surface area contributed by atoms with Crippen molar-refractivity contribution in [1.29, 1.82) is 0 Å². The molecule has 0 fully saturated rings. The number of nitrogens with one attached hydrogen (secondary N) is 2. The molecule has 0 unspecified atom stereocenters. The van der Waals surface area contributed by atoms with Gasteiger partial charge >= 0.3 is 5.97 Å². The van der Waals surface area contributed by atoms with Gasteiger partial charge in [0.05, 0.1) is 10.5 Å². The lowest BCUT2D eigenvalue weighted by Gasteiger charge is -2.08. The van der Waals surface area contributed by atoms with E-state index >= 15 is 0 Å². The van der Waals surface area contributed by atoms with Crippen LogP contribution in [0.5, 0.6) is 0 Å². The van der Waals surface area contributed by atoms with Gasteiger partial charge in [-0.15, -0.1) is 11.3 Å². The number of ether oxygens (including phenoxy) is 1. The summed E-state index contributed by atoms with van der Waals surface area (Å²) in [6.07, 6.45) is 0. The summed E-state index contributed by atoms with van der Waals surface area (Å²) in [7, 11) is 0. The van der Waals surface area contributed by atoms with Gasteiger partial charge in [-0.3, -0.25) is 19.7 Å². The van der Waals surface area contributed by atoms with E-state index in [0.29, 0.717) is 16.3 Å². The summed E-state index contributed by atoms with van der Waals surface area (Å²) < 4.78 is 5.04. The Morgan fingerprint density at radius 3 is 2.33 bits per heavy atom. The maximum absolute atomic E-state index is 12.3. The molecule has 0 aliphatic heterocycles. The molecular formula is C17H17N3O6S. The van der Waals surface area contributed by atoms with Crippen molar-refractivity contribution in [3.8, 4) is 0 Å². The minimum Gasteiger partial charge on any atom is -0.452 e. The molecule has 2 amide bonds. The van der Waals surface area contributed by atoms with Crippen LogP contribution < -0.4 is 10.6 Å². The third-order valence-electron chi connectivity index (χ3n) is 3.58. The van der Waals surface area contributed by atoms with E-state index in [-0.39, 0.29) is 17.2 Å². The number of amides is 2. The fourth-order valence-electron chi connectivity index (χ4n) is 2.19. The molecule has 27 heavy (non-hydrogen) atoms. The molecule has 2 aromatic rings. The molecule has 0 spiro atoms. The lowest BCUT2D eigenvalue weighted by molar-refractivity contribution is -0.384. The average Bonchev–Trinajstić information content (AvgIpc) is 2.86. The first-order valence-electron chi connectivity index (χ1n) is 7.78. The van der Waals surface area contributed by atoms with Crippen molar-refractivity contribution in [1.82, 2.24) is 0 Å². The third kappa shape index (κ3) is 5.11. The Bertz CT molecular complexity index is 904. The second-order valence-electron chi connectivity index (χ2n) is 5.60. The fraction of sp³-hybridized carbons (Fsp3) is 0.235. The Hall–Kier alpha value is -3.27. The van der Waals surface area contributed by atoms with Gasteiger partial charge in [-0.2, -0.15) is 0 Å². The van der Waals surface area contributed by atoms with Crippen LogP contribution in [0.25, 0.3) is 0 Å². The van der Waals surface area contributed by atoms with E-state index in [4.69, 9.17) is 4.74 Å². The highest BCUT2D eigenvalue weighted by atomic mass is 32.1. The van der Waals surface area contributed by atoms with Crippen LogP contribution in [0.3, 0.4) is 0 Å². The number of carbonyl (C=O) groups is 3. The lowest BCUT2D eigenvalue weighted by atomic mass is 10.1. The molecule has 0 radical (unpaired) electrons. The number of aryl methyl sites for hydroxylation is 1. The normalized spacial score (nSPS) is 10.2. The number of rotatable bonds is 6. The first kappa shape index (κ1) is 20.0. The van der Waals surface area contributed by atoms with Crippen molar-refractivity contribution in [3.63, 3.8) is 0 Å². The topological polar surface area (TPSA) is 128 Å². The first-order valence-corrected chi connectivity index (χ1v) is 8.59. The maximum Gasteiger partial charge on any atom is 0.341 e. The molecular weight excluding hydrogens is 374 g/mol. The van der Waals surface area contributed by atoms with Gasteiger partial charge in [0.2, 0.25) is 5.91 Å². The van der Waals surface area contributed by atoms with Gasteiger partial charge in [-0.25, -0.2) is 4.79 Å². The van der Waals surface area contributed by atoms with E-state index < -0.39 is 23.4 Å². The molecule has 2 rings (SSSR count). The Kier molecular flexibility index (Phi) is 6.24. The minimum absolute atomic E-state index is 0.103. The van der Waals surface area contributed by atoms with Crippen LogP contribution in [0.15, 0.2) is 24.3 Å². The van der Waals surface area contributed by atoms with Gasteiger partial charge in [0.15, 0.2) is 6.61 Å². The zero-order valence-corrected chi connectivity index (χ0v) is 15.6. The highest BCUT2D eigenvalue weighted by Crippen LogP contribution is 2.33. The Morgan fingerprint density at radius 1 is 1.15 bits per heavy atom. The summed E-state index contributed by atoms with van der Waals surface area (Å²) in [6.45, 7) is 4.33. The number of anilines is 2. The number of hydrogen-bond donors (Lipinski definition) is 2. The summed E-state index contributed by atoms with van der Waals surface area (Å²) in [6, 6.07) is 5.25. The van der Waals surface area contributed by atoms with Crippen LogP contribution in [-0.2, 0) is 14.3 Å². The van der Waals surface area contributed by atoms with Crippen molar-refractivity contribution in [3.05, 3.63) is 50.4 Å². The summed E-state index contributed by atoms with van der Waals surface area (Å²) in [5, 5.41) is 16.0. The fourth-order valence-corrected chi connectivity index (χ4v) is 3.28. The van der Waals surface area contributed by atoms with Crippen molar-refractivity contribution >= 4 is 45.5 Å². The number of nitrogens with zero attached hydrogens (tertiary/aromatic N) is 1. The highest BCUT2D eigenvalue weighted by molar-refractivity contribution is 7.16. The minimum atomic E-state index is -0.723. The van der Waals surface area contributed by atoms with Crippen molar-refractivity contribution in [2.24, 2.45) is 0 Å². The van der Waals surface area contributed by atoms with Crippen molar-refractivity contribution in [2.75, 3.05) is 17.2 Å². The Labute approximate surface area is 158 Å². The van der Waals surface area contributed by atoms with E-state index in [2.05, 4.69) is 10.6 Å². The molecule has 9 nitrogen and oxygen atoms in total. The standard InChI is InChI=1S/C17H17N3O6S/c1-9-10(2)27-16(18-11(3)21)15(9)17(23)26-8-14(22)19-12-4-6-13(7-5-12)20(24)25/h4-7H,8H2,1-3H3,(H,18,21)(H,19,22). The molecule has 0 saturated heterocycles. The summed E-state index contributed by atoms with van der Waals surface area (Å²) >= 11 is 1.25. The zero-order valence-electron chi connectivity index (χ0n) is 14.8. The number of thiophene rings is 1. The number of non-ortho nitro benzene ring substituents is 1. The van der Waals surface area contributed by atoms with Crippen molar-refractivity contribution in [2.45, 2.75) is 20.8 Å². The predicted octanol–water partition coefficient (Wildman–Crippen LogP) is 3.03. The number of hydrogen-bond acceptors (Lipinski definition) is 7. The number of carbonyl (C=O) groups excluding carboxylic acids is 3. The first-order chi connectivity index (χ1) is 12.7. The Balaban J connectivity index is 2.00. The monoisotopic (exact) mass is 391 g/mol. The zero-order chi connectivity index (χ0) is 20.1. The van der Waals surface area contributed by atoms with Crippen LogP contribution in [0.4, 0.5) is 16.4 Å². The molecule has 142 valence electrons. The second-order valence-corrected chi connectivity index (χ2v) is 6.82. The van der Waals surface area contributed by atoms with Crippen LogP contribution in [-0.4, -0.2) is 29.3 Å². The Morgan fingerprint density at radius 2 is 1.78 bits per heavy atom. The van der Waals surface area contributed by atoms with E-state index in [1.165, 1.54) is 42.5 Å². The van der Waals surface area contributed by atoms with Crippen molar-refractivity contribution < 1.29 is 24.0 Å². The number of benzene rings is 1. The van der Waals surface area contributed by atoms with E-state index in [0.717, 1.165) is 4.88 Å². The molecule has 1 aromatic heterocycles. The number of nitro benzene ring substituents is 1. The van der Waals surface area contributed by atoms with Gasteiger partial charge in [-0.05, 0) is 31.5 Å². The largest absolute Gasteiger partial charge is 0.452 e. The maximum atomic E-state index is 12.3. The molecule has 0 atom stereocenters. The van der Waals surface area contributed by atoms with Crippen LogP contribution in [0.1, 0.15) is 27.7 Å². The molecule has 1 aromatic carbocycles. The lowest BCUT2D eigenvalue weighted by Crippen LogP contribution is -2.21. The van der Waals surface area contributed by atoms with E-state index in [1.807, 2.05) is 6.92 Å². The number of esters is 1. The van der Waals surface area contributed by atoms with Crippen LogP contribution >= 0.6 is 11.3 Å². The quantitative estimate of drug-likeness (QED) is 0.442. The molecule has 2 N–H and O–H groups in total. The third-order valence-corrected chi connectivity index (χ3v) is 4.70. The van der Waals surface area contributed by atoms with Gasteiger partial charge in [0.1, 0.15) is 5.00 Å². The molecule has 1 heterocycles. The van der Waals surface area contributed by atoms with Gasteiger partial charge < -0.3 is 15.4 Å². The van der Waals surface area contributed by atoms with Crippen LogP contribution in [0.2, 0.25) is 0 Å². The highest BCUT2D eigenvalue weighted by Gasteiger charge is 2.22. The smallest absolute Gasteiger partial charge is 0.341 e. The molecule has 0 bridgehead atoms. The summed E-state index contributed by atoms with van der Waals surface area (Å²) in [5.41, 5.74) is 1.12. The average molecular weight is 391 g/mol. The SMILES string of the molecule is CC(=O)Nc1sc(C)c(C)c1C(=O)OCC(=O)Nc1ccc([N+](=O)[O-])cc1. The predicted molar refractivity (Wildman–Crippen MR) is 100 cm³/mol. The van der Waals surface area contributed by atoms with E-state index in [9.17, 15) is 24.5 Å².